The number of nitrogens with zero attached hydrogens (tertiary/aromatic N) is 3. The molecule has 6 nitrogen and oxygen atoms in total. The van der Waals surface area contributed by atoms with Gasteiger partial charge in [-0.15, -0.1) is 11.3 Å². The molecule has 25 heavy (non-hydrogen) atoms. The number of hydrogen-bond acceptors (Lipinski definition) is 4. The van der Waals surface area contributed by atoms with Gasteiger partial charge in [-0.05, 0) is 44.7 Å². The minimum Gasteiger partial charge on any atom is -0.340 e. The van der Waals surface area contributed by atoms with E-state index in [4.69, 9.17) is 0 Å². The van der Waals surface area contributed by atoms with Gasteiger partial charge >= 0.3 is 0 Å². The van der Waals surface area contributed by atoms with Gasteiger partial charge in [0, 0.05) is 24.5 Å². The van der Waals surface area contributed by atoms with Crippen LogP contribution in [0, 0.1) is 13.8 Å². The summed E-state index contributed by atoms with van der Waals surface area (Å²) in [5.41, 5.74) is 2.06. The Bertz CT molecular complexity index is 808. The first-order chi connectivity index (χ1) is 11.9. The van der Waals surface area contributed by atoms with Crippen molar-refractivity contribution in [3.63, 3.8) is 0 Å². The lowest BCUT2D eigenvalue weighted by atomic mass is 10.0. The van der Waals surface area contributed by atoms with Crippen LogP contribution < -0.4 is 10.2 Å². The Morgan fingerprint density at radius 3 is 2.76 bits per heavy atom. The van der Waals surface area contributed by atoms with Crippen LogP contribution in [-0.2, 0) is 18.3 Å². The summed E-state index contributed by atoms with van der Waals surface area (Å²) in [6.07, 6.45) is 2.43. The lowest BCUT2D eigenvalue weighted by molar-refractivity contribution is -0.121. The van der Waals surface area contributed by atoms with E-state index < -0.39 is 6.04 Å². The molecule has 0 bridgehead atoms. The molecule has 3 rings (SSSR count). The number of piperidine rings is 1. The normalized spacial score (nSPS) is 17.8. The van der Waals surface area contributed by atoms with Crippen molar-refractivity contribution in [3.8, 4) is 0 Å². The fourth-order valence-electron chi connectivity index (χ4n) is 3.30. The van der Waals surface area contributed by atoms with Crippen LogP contribution in [0.4, 0.5) is 5.82 Å². The lowest BCUT2D eigenvalue weighted by Gasteiger charge is -2.32. The van der Waals surface area contributed by atoms with Crippen LogP contribution in [0.25, 0.3) is 0 Å². The van der Waals surface area contributed by atoms with Crippen molar-refractivity contribution in [1.29, 1.82) is 0 Å². The SMILES string of the molecule is CCc1cc(C(=O)NC2CCCN(c3cc(C)nn3C)C2=O)sc1C. The van der Waals surface area contributed by atoms with Gasteiger partial charge in [-0.25, -0.2) is 0 Å². The number of hydrogen-bond donors (Lipinski definition) is 1. The molecule has 1 unspecified atom stereocenters. The van der Waals surface area contributed by atoms with Crippen LogP contribution in [0.5, 0.6) is 0 Å². The minimum atomic E-state index is -0.482. The van der Waals surface area contributed by atoms with Crippen LogP contribution in [-0.4, -0.2) is 34.2 Å². The van der Waals surface area contributed by atoms with E-state index in [0.29, 0.717) is 17.8 Å². The first-order valence-electron chi connectivity index (χ1n) is 8.63. The van der Waals surface area contributed by atoms with Crippen molar-refractivity contribution in [2.75, 3.05) is 11.4 Å². The smallest absolute Gasteiger partial charge is 0.262 e. The van der Waals surface area contributed by atoms with E-state index in [9.17, 15) is 9.59 Å². The summed E-state index contributed by atoms with van der Waals surface area (Å²) in [7, 11) is 1.83. The van der Waals surface area contributed by atoms with Crippen LogP contribution in [0.1, 0.15) is 45.6 Å². The highest BCUT2D eigenvalue weighted by molar-refractivity contribution is 7.14. The van der Waals surface area contributed by atoms with Gasteiger partial charge in [-0.2, -0.15) is 5.10 Å². The molecule has 0 spiro atoms. The molecule has 1 aliphatic rings. The molecule has 0 aliphatic carbocycles. The number of aryl methyl sites for hydroxylation is 4. The van der Waals surface area contributed by atoms with E-state index in [-0.39, 0.29) is 11.8 Å². The molecule has 1 saturated heterocycles. The van der Waals surface area contributed by atoms with Crippen molar-refractivity contribution in [2.45, 2.75) is 46.1 Å². The number of aromatic nitrogens is 2. The number of rotatable bonds is 4. The van der Waals surface area contributed by atoms with Gasteiger partial charge in [0.25, 0.3) is 11.8 Å². The van der Waals surface area contributed by atoms with Gasteiger partial charge in [0.05, 0.1) is 10.6 Å². The second-order valence-corrected chi connectivity index (χ2v) is 7.73. The van der Waals surface area contributed by atoms with Gasteiger partial charge in [0.1, 0.15) is 11.9 Å². The van der Waals surface area contributed by atoms with E-state index in [0.717, 1.165) is 29.2 Å². The quantitative estimate of drug-likeness (QED) is 0.911. The van der Waals surface area contributed by atoms with Gasteiger partial charge in [-0.1, -0.05) is 6.92 Å². The van der Waals surface area contributed by atoms with E-state index >= 15 is 0 Å². The molecule has 134 valence electrons. The monoisotopic (exact) mass is 360 g/mol. The maximum Gasteiger partial charge on any atom is 0.262 e. The zero-order chi connectivity index (χ0) is 18.1. The Labute approximate surface area is 151 Å². The third kappa shape index (κ3) is 3.46. The van der Waals surface area contributed by atoms with Gasteiger partial charge < -0.3 is 5.32 Å². The van der Waals surface area contributed by atoms with Crippen molar-refractivity contribution < 1.29 is 9.59 Å². The van der Waals surface area contributed by atoms with Crippen molar-refractivity contribution in [2.24, 2.45) is 7.05 Å². The topological polar surface area (TPSA) is 67.2 Å². The number of thiophene rings is 1. The van der Waals surface area contributed by atoms with Crippen molar-refractivity contribution in [1.82, 2.24) is 15.1 Å². The van der Waals surface area contributed by atoms with Gasteiger partial charge in [0.15, 0.2) is 0 Å². The van der Waals surface area contributed by atoms with E-state index in [1.165, 1.54) is 16.9 Å². The molecule has 2 aromatic rings. The third-order valence-corrected chi connectivity index (χ3v) is 5.71. The molecule has 0 radical (unpaired) electrons. The average molecular weight is 360 g/mol. The summed E-state index contributed by atoms with van der Waals surface area (Å²) in [6, 6.07) is 3.35. The molecule has 0 aromatic carbocycles. The summed E-state index contributed by atoms with van der Waals surface area (Å²) >= 11 is 1.49. The Morgan fingerprint density at radius 2 is 2.16 bits per heavy atom. The Kier molecular flexibility index (Phi) is 4.94. The molecule has 0 saturated carbocycles. The van der Waals surface area contributed by atoms with Crippen LogP contribution in [0.2, 0.25) is 0 Å². The number of anilines is 1. The summed E-state index contributed by atoms with van der Waals surface area (Å²) in [4.78, 5) is 29.0. The maximum absolute atomic E-state index is 12.9. The number of carbonyl (C=O) groups is 2. The Hall–Kier alpha value is -2.15. The van der Waals surface area contributed by atoms with E-state index in [1.54, 1.807) is 9.58 Å². The number of amides is 2. The standard InChI is InChI=1S/C18H24N4O2S/c1-5-13-10-15(25-12(13)3)17(23)19-14-7-6-8-22(18(14)24)16-9-11(2)20-21(16)4/h9-10,14H,5-8H2,1-4H3,(H,19,23). The number of nitrogens with one attached hydrogen (secondary N) is 1. The molecule has 2 amide bonds. The first kappa shape index (κ1) is 17.7. The highest BCUT2D eigenvalue weighted by atomic mass is 32.1. The molecule has 1 fully saturated rings. The molecule has 2 aromatic heterocycles. The zero-order valence-electron chi connectivity index (χ0n) is 15.1. The van der Waals surface area contributed by atoms with Gasteiger partial charge in [0.2, 0.25) is 0 Å². The largest absolute Gasteiger partial charge is 0.340 e. The summed E-state index contributed by atoms with van der Waals surface area (Å²) in [5.74, 6) is 0.558. The van der Waals surface area contributed by atoms with Crippen LogP contribution >= 0.6 is 11.3 Å². The second kappa shape index (κ2) is 7.00. The van der Waals surface area contributed by atoms with E-state index in [1.807, 2.05) is 33.0 Å². The van der Waals surface area contributed by atoms with Gasteiger partial charge in [-0.3, -0.25) is 19.2 Å². The Balaban J connectivity index is 1.74. The molecule has 1 aliphatic heterocycles. The molecule has 3 heterocycles. The highest BCUT2D eigenvalue weighted by Crippen LogP contribution is 2.24. The zero-order valence-corrected chi connectivity index (χ0v) is 15.9. The first-order valence-corrected chi connectivity index (χ1v) is 9.44. The maximum atomic E-state index is 12.9. The minimum absolute atomic E-state index is 0.0633. The summed E-state index contributed by atoms with van der Waals surface area (Å²) in [6.45, 7) is 6.66. The van der Waals surface area contributed by atoms with Crippen molar-refractivity contribution >= 4 is 29.0 Å². The molecule has 1 atom stereocenters. The fourth-order valence-corrected chi connectivity index (χ4v) is 4.32. The highest BCUT2D eigenvalue weighted by Gasteiger charge is 2.32. The molecular formula is C18H24N4O2S. The molecular weight excluding hydrogens is 336 g/mol. The second-order valence-electron chi connectivity index (χ2n) is 6.47. The van der Waals surface area contributed by atoms with Crippen molar-refractivity contribution in [3.05, 3.63) is 33.1 Å². The number of carbonyl (C=O) groups excluding carboxylic acids is 2. The predicted octanol–water partition coefficient (Wildman–Crippen LogP) is 2.59. The lowest BCUT2D eigenvalue weighted by Crippen LogP contribution is -2.52. The van der Waals surface area contributed by atoms with Crippen LogP contribution in [0.15, 0.2) is 12.1 Å². The Morgan fingerprint density at radius 1 is 1.40 bits per heavy atom. The molecule has 7 heteroatoms. The summed E-state index contributed by atoms with van der Waals surface area (Å²) < 4.78 is 1.72. The third-order valence-electron chi connectivity index (χ3n) is 4.62. The fraction of sp³-hybridized carbons (Fsp3) is 0.500. The van der Waals surface area contributed by atoms with Crippen LogP contribution in [0.3, 0.4) is 0 Å². The molecule has 1 N–H and O–H groups in total. The predicted molar refractivity (Wildman–Crippen MR) is 99.2 cm³/mol. The summed E-state index contributed by atoms with van der Waals surface area (Å²) in [5, 5.41) is 7.24. The average Bonchev–Trinajstić information content (AvgIpc) is 3.11. The van der Waals surface area contributed by atoms with E-state index in [2.05, 4.69) is 17.3 Å².